The maximum atomic E-state index is 10.1. The minimum absolute atomic E-state index is 0.269. The SMILES string of the molecule is Cc1ccc(C(C)C)cc1.O=C(O)[C@@H]1CCCN1.[Cl][Ru]. The number of halogens is 1. The Morgan fingerprint density at radius 2 is 1.90 bits per heavy atom. The number of hydrogen-bond donors (Lipinski definition) is 2. The van der Waals surface area contributed by atoms with Crippen LogP contribution in [-0.4, -0.2) is 23.7 Å². The predicted molar refractivity (Wildman–Crippen MR) is 79.8 cm³/mol. The maximum absolute atomic E-state index is 10.1. The van der Waals surface area contributed by atoms with E-state index < -0.39 is 5.97 Å². The van der Waals surface area contributed by atoms with Gasteiger partial charge in [0, 0.05) is 0 Å². The third-order valence-corrected chi connectivity index (χ3v) is 3.10. The van der Waals surface area contributed by atoms with Crippen LogP contribution in [0.4, 0.5) is 0 Å². The molecule has 0 amide bonds. The van der Waals surface area contributed by atoms with Crippen LogP contribution in [0.3, 0.4) is 0 Å². The number of aryl methyl sites for hydroxylation is 1. The van der Waals surface area contributed by atoms with Gasteiger partial charge in [0.2, 0.25) is 0 Å². The minimum atomic E-state index is -0.720. The van der Waals surface area contributed by atoms with Gasteiger partial charge in [0.1, 0.15) is 6.04 Å². The van der Waals surface area contributed by atoms with Gasteiger partial charge in [-0.1, -0.05) is 43.7 Å². The van der Waals surface area contributed by atoms with Crippen LogP contribution >= 0.6 is 9.69 Å². The van der Waals surface area contributed by atoms with Crippen LogP contribution in [0, 0.1) is 6.92 Å². The van der Waals surface area contributed by atoms with Gasteiger partial charge < -0.3 is 10.4 Å². The fraction of sp³-hybridized carbons (Fsp3) is 0.533. The number of nitrogens with one attached hydrogen (secondary N) is 1. The first-order valence-electron chi connectivity index (χ1n) is 6.67. The summed E-state index contributed by atoms with van der Waals surface area (Å²) in [5.74, 6) is -0.0666. The quantitative estimate of drug-likeness (QED) is 0.764. The molecule has 0 spiro atoms. The summed E-state index contributed by atoms with van der Waals surface area (Å²) < 4.78 is 0. The summed E-state index contributed by atoms with van der Waals surface area (Å²) in [5, 5.41) is 11.2. The first-order valence-corrected chi connectivity index (χ1v) is 8.90. The molecule has 0 bridgehead atoms. The molecule has 0 unspecified atom stereocenters. The number of carboxylic acids is 1. The van der Waals surface area contributed by atoms with Crippen LogP contribution in [0.25, 0.3) is 0 Å². The standard InChI is InChI=1S/C10H14.C5H9NO2.ClH.Ru/c1-8(2)10-6-4-9(3)5-7-10;7-5(8)4-2-1-3-6-4;;/h4-8H,1-3H3;4,6H,1-3H2,(H,7,8);1H;/q;;;+1/p-1/t;4-;;/m.0../s1. The van der Waals surface area contributed by atoms with Crippen LogP contribution in [0.1, 0.15) is 43.7 Å². The zero-order chi connectivity index (χ0) is 15.5. The van der Waals surface area contributed by atoms with Crippen molar-refractivity contribution in [3.05, 3.63) is 35.4 Å². The van der Waals surface area contributed by atoms with Crippen LogP contribution in [-0.2, 0) is 22.1 Å². The molecule has 0 aliphatic carbocycles. The molecule has 5 heteroatoms. The third-order valence-electron chi connectivity index (χ3n) is 3.10. The molecule has 1 heterocycles. The van der Waals surface area contributed by atoms with Gasteiger partial charge in [0.05, 0.1) is 0 Å². The van der Waals surface area contributed by atoms with E-state index in [9.17, 15) is 4.79 Å². The Balaban J connectivity index is 0.000000327. The third kappa shape index (κ3) is 7.99. The van der Waals surface area contributed by atoms with Crippen molar-refractivity contribution in [3.63, 3.8) is 0 Å². The van der Waals surface area contributed by atoms with Crippen LogP contribution in [0.15, 0.2) is 24.3 Å². The number of aliphatic carboxylic acids is 1. The molecule has 1 saturated heterocycles. The normalized spacial score (nSPS) is 16.8. The van der Waals surface area contributed by atoms with Crippen LogP contribution in [0.2, 0.25) is 0 Å². The number of carboxylic acid groups (broad SMARTS) is 1. The Labute approximate surface area is 135 Å². The summed E-state index contributed by atoms with van der Waals surface area (Å²) in [6, 6.07) is 8.44. The van der Waals surface area contributed by atoms with E-state index in [1.54, 1.807) is 0 Å². The van der Waals surface area contributed by atoms with E-state index in [1.165, 1.54) is 11.1 Å². The molecule has 0 aromatic heterocycles. The second-order valence-electron chi connectivity index (χ2n) is 5.05. The van der Waals surface area contributed by atoms with Crippen molar-refractivity contribution in [2.75, 3.05) is 6.54 Å². The fourth-order valence-electron chi connectivity index (χ4n) is 1.85. The van der Waals surface area contributed by atoms with Crippen molar-refractivity contribution in [2.45, 2.75) is 45.6 Å². The van der Waals surface area contributed by atoms with Gasteiger partial charge in [-0.2, -0.15) is 0 Å². The Morgan fingerprint density at radius 1 is 1.35 bits per heavy atom. The molecule has 0 saturated carbocycles. The van der Waals surface area contributed by atoms with Crippen molar-refractivity contribution in [2.24, 2.45) is 0 Å². The molecule has 2 rings (SSSR count). The van der Waals surface area contributed by atoms with E-state index in [1.807, 2.05) is 17.3 Å². The summed E-state index contributed by atoms with van der Waals surface area (Å²) in [6.07, 6.45) is 1.78. The van der Waals surface area contributed by atoms with Crippen molar-refractivity contribution in [3.8, 4) is 0 Å². The van der Waals surface area contributed by atoms with Crippen molar-refractivity contribution in [1.82, 2.24) is 5.32 Å². The monoisotopic (exact) mass is 386 g/mol. The van der Waals surface area contributed by atoms with Gasteiger partial charge in [0.15, 0.2) is 0 Å². The van der Waals surface area contributed by atoms with E-state index in [0.29, 0.717) is 5.92 Å². The summed E-state index contributed by atoms with van der Waals surface area (Å²) in [7, 11) is 4.57. The Morgan fingerprint density at radius 3 is 2.20 bits per heavy atom. The molecule has 1 fully saturated rings. The molecule has 1 aliphatic heterocycles. The molecule has 2 N–H and O–H groups in total. The molecule has 1 atom stereocenters. The number of hydrogen-bond acceptors (Lipinski definition) is 2. The zero-order valence-electron chi connectivity index (χ0n) is 12.2. The van der Waals surface area contributed by atoms with E-state index >= 15 is 0 Å². The van der Waals surface area contributed by atoms with Gasteiger partial charge in [-0.3, -0.25) is 4.79 Å². The molecular weight excluding hydrogens is 363 g/mol. The fourth-order valence-corrected chi connectivity index (χ4v) is 1.85. The summed E-state index contributed by atoms with van der Waals surface area (Å²) >= 11 is 1.82. The summed E-state index contributed by atoms with van der Waals surface area (Å²) in [5.41, 5.74) is 2.76. The molecular formula is C15H23ClNO2Ru. The van der Waals surface area contributed by atoms with Gasteiger partial charge in [0.25, 0.3) is 0 Å². The van der Waals surface area contributed by atoms with Crippen molar-refractivity contribution in [1.29, 1.82) is 0 Å². The Bertz CT molecular complexity index is 376. The van der Waals surface area contributed by atoms with Gasteiger partial charge >= 0.3 is 33.0 Å². The Kier molecular flexibility index (Phi) is 11.0. The van der Waals surface area contributed by atoms with Crippen LogP contribution in [0.5, 0.6) is 0 Å². The van der Waals surface area contributed by atoms with Gasteiger partial charge in [-0.15, -0.1) is 0 Å². The predicted octanol–water partition coefficient (Wildman–Crippen LogP) is 3.63. The van der Waals surface area contributed by atoms with E-state index in [0.717, 1.165) is 19.4 Å². The summed E-state index contributed by atoms with van der Waals surface area (Å²) in [6.45, 7) is 7.40. The zero-order valence-corrected chi connectivity index (χ0v) is 14.7. The second-order valence-corrected chi connectivity index (χ2v) is 5.05. The average Bonchev–Trinajstić information content (AvgIpc) is 2.96. The molecule has 1 aromatic carbocycles. The van der Waals surface area contributed by atoms with Gasteiger partial charge in [-0.05, 0) is 37.8 Å². The van der Waals surface area contributed by atoms with Crippen LogP contribution < -0.4 is 5.32 Å². The molecule has 20 heavy (non-hydrogen) atoms. The number of carbonyl (C=O) groups is 1. The molecule has 1 aliphatic rings. The summed E-state index contributed by atoms with van der Waals surface area (Å²) in [4.78, 5) is 10.1. The van der Waals surface area contributed by atoms with Crippen molar-refractivity contribution >= 4 is 15.7 Å². The van der Waals surface area contributed by atoms with Crippen molar-refractivity contribution < 1.29 is 27.2 Å². The number of rotatable bonds is 2. The topological polar surface area (TPSA) is 49.3 Å². The number of benzene rings is 1. The average molecular weight is 386 g/mol. The first-order chi connectivity index (χ1) is 9.50. The Hall–Kier alpha value is -0.437. The van der Waals surface area contributed by atoms with E-state index in [2.05, 4.69) is 60.0 Å². The molecule has 115 valence electrons. The van der Waals surface area contributed by atoms with E-state index in [4.69, 9.17) is 5.11 Å². The second kappa shape index (κ2) is 11.2. The van der Waals surface area contributed by atoms with E-state index in [-0.39, 0.29) is 6.04 Å². The molecule has 1 aromatic rings. The van der Waals surface area contributed by atoms with Gasteiger partial charge in [-0.25, -0.2) is 0 Å². The first kappa shape index (κ1) is 19.6. The molecule has 0 radical (unpaired) electrons. The molecule has 3 nitrogen and oxygen atoms in total.